The van der Waals surface area contributed by atoms with Crippen LogP contribution in [-0.4, -0.2) is 19.4 Å². The zero-order valence-corrected chi connectivity index (χ0v) is 21.2. The van der Waals surface area contributed by atoms with Gasteiger partial charge in [-0.25, -0.2) is 48.9 Å². The van der Waals surface area contributed by atoms with Crippen molar-refractivity contribution < 1.29 is 43.9 Å². The second-order valence-electron chi connectivity index (χ2n) is 9.93. The minimum atomic E-state index is -2.37. The molecule has 0 radical (unpaired) electrons. The molecule has 0 aliphatic rings. The van der Waals surface area contributed by atoms with E-state index in [4.69, 9.17) is 0 Å². The third kappa shape index (κ3) is 2.99. The van der Waals surface area contributed by atoms with Gasteiger partial charge in [0.15, 0.2) is 46.5 Å². The Morgan fingerprint density at radius 2 is 1.07 bits per heavy atom. The van der Waals surface area contributed by atoms with Crippen molar-refractivity contribution in [2.45, 2.75) is 0 Å². The van der Waals surface area contributed by atoms with Gasteiger partial charge in [-0.1, -0.05) is 0 Å². The van der Waals surface area contributed by atoms with Crippen LogP contribution in [0.4, 0.5) is 43.9 Å². The van der Waals surface area contributed by atoms with Crippen LogP contribution in [0.2, 0.25) is 0 Å². The zero-order valence-electron chi connectivity index (χ0n) is 21.2. The number of aromatic nitrogens is 4. The molecule has 0 spiro atoms. The molecule has 5 aromatic heterocycles. The van der Waals surface area contributed by atoms with Crippen LogP contribution in [0.5, 0.6) is 0 Å². The van der Waals surface area contributed by atoms with Crippen molar-refractivity contribution in [1.82, 2.24) is 19.4 Å². The third-order valence-corrected chi connectivity index (χ3v) is 7.84. The van der Waals surface area contributed by atoms with E-state index >= 15 is 17.6 Å². The molecule has 5 heterocycles. The Morgan fingerprint density at radius 1 is 0.523 bits per heavy atom. The lowest BCUT2D eigenvalue weighted by Gasteiger charge is -2.09. The first-order valence-corrected chi connectivity index (χ1v) is 12.5. The summed E-state index contributed by atoms with van der Waals surface area (Å²) in [6.07, 6.45) is 4.94. The molecule has 218 valence electrons. The summed E-state index contributed by atoms with van der Waals surface area (Å²) < 4.78 is 149. The molecule has 4 nitrogen and oxygen atoms in total. The van der Waals surface area contributed by atoms with E-state index < -0.39 is 80.4 Å². The first kappa shape index (κ1) is 26.2. The Morgan fingerprint density at radius 3 is 1.66 bits per heavy atom. The fourth-order valence-corrected chi connectivity index (χ4v) is 6.04. The number of aromatic amines is 1. The average molecular weight is 614 g/mol. The molecule has 8 rings (SSSR count). The Kier molecular flexibility index (Phi) is 5.12. The van der Waals surface area contributed by atoms with Crippen molar-refractivity contribution in [3.05, 3.63) is 101 Å². The molecule has 3 aromatic carbocycles. The normalized spacial score (nSPS) is 12.3. The van der Waals surface area contributed by atoms with E-state index in [1.54, 1.807) is 0 Å². The van der Waals surface area contributed by atoms with Crippen molar-refractivity contribution in [2.75, 3.05) is 0 Å². The Bertz CT molecular complexity index is 2330. The van der Waals surface area contributed by atoms with E-state index in [0.717, 1.165) is 6.20 Å². The molecule has 0 aliphatic carbocycles. The maximum atomic E-state index is 15.3. The highest BCUT2D eigenvalue weighted by Gasteiger charge is 2.33. The molecule has 0 bridgehead atoms. The zero-order chi connectivity index (χ0) is 30.9. The first-order chi connectivity index (χ1) is 21.0. The van der Waals surface area contributed by atoms with Crippen LogP contribution >= 0.6 is 0 Å². The minimum absolute atomic E-state index is 0.00418. The lowest BCUT2D eigenvalue weighted by molar-refractivity contribution is 0.381. The van der Waals surface area contributed by atoms with E-state index in [1.807, 2.05) is 0 Å². The fraction of sp³-hybridized carbons (Fsp3) is 0. The quantitative estimate of drug-likeness (QED) is 0.120. The molecule has 0 saturated carbocycles. The Balaban J connectivity index is 1.70. The number of halogens is 10. The summed E-state index contributed by atoms with van der Waals surface area (Å²) in [5.74, 6) is -22.0. The minimum Gasteiger partial charge on any atom is -0.359 e. The van der Waals surface area contributed by atoms with Gasteiger partial charge in [-0.05, 0) is 18.2 Å². The molecule has 8 aromatic rings. The molecule has 0 aliphatic heterocycles. The molecule has 14 heteroatoms. The van der Waals surface area contributed by atoms with Crippen molar-refractivity contribution in [1.29, 1.82) is 0 Å². The van der Waals surface area contributed by atoms with Gasteiger partial charge in [0.1, 0.15) is 5.65 Å². The van der Waals surface area contributed by atoms with Gasteiger partial charge in [0, 0.05) is 62.8 Å². The highest BCUT2D eigenvalue weighted by atomic mass is 19.2. The molecule has 0 fully saturated rings. The summed E-state index contributed by atoms with van der Waals surface area (Å²) in [6, 6.07) is 3.88. The predicted octanol–water partition coefficient (Wildman–Crippen LogP) is 8.83. The highest BCUT2D eigenvalue weighted by Crippen LogP contribution is 2.48. The first-order valence-electron chi connectivity index (χ1n) is 12.5. The summed E-state index contributed by atoms with van der Waals surface area (Å²) in [6.45, 7) is 0. The van der Waals surface area contributed by atoms with Crippen LogP contribution in [0.15, 0.2) is 43.0 Å². The lowest BCUT2D eigenvalue weighted by Crippen LogP contribution is -2.04. The average Bonchev–Trinajstić information content (AvgIpc) is 3.81. The van der Waals surface area contributed by atoms with Crippen molar-refractivity contribution in [3.8, 4) is 22.3 Å². The fourth-order valence-electron chi connectivity index (χ4n) is 6.04. The topological polar surface area (TPSA) is 46.0 Å². The number of nitrogens with zero attached hydrogens (tertiary/aromatic N) is 3. The number of benzene rings is 2. The summed E-state index contributed by atoms with van der Waals surface area (Å²) in [5.41, 5.74) is -3.55. The monoisotopic (exact) mass is 614 g/mol. The van der Waals surface area contributed by atoms with Gasteiger partial charge >= 0.3 is 0 Å². The van der Waals surface area contributed by atoms with Crippen LogP contribution in [0.1, 0.15) is 0 Å². The smallest absolute Gasteiger partial charge is 0.200 e. The number of hydrogen-bond donors (Lipinski definition) is 1. The van der Waals surface area contributed by atoms with Gasteiger partial charge in [0.2, 0.25) is 11.6 Å². The maximum Gasteiger partial charge on any atom is 0.200 e. The van der Waals surface area contributed by atoms with Gasteiger partial charge in [-0.3, -0.25) is 9.38 Å². The van der Waals surface area contributed by atoms with Crippen LogP contribution in [-0.2, 0) is 0 Å². The van der Waals surface area contributed by atoms with Gasteiger partial charge in [-0.2, -0.15) is 0 Å². The van der Waals surface area contributed by atoms with Gasteiger partial charge in [-0.15, -0.1) is 0 Å². The summed E-state index contributed by atoms with van der Waals surface area (Å²) >= 11 is 0. The Labute approximate surface area is 236 Å². The predicted molar refractivity (Wildman–Crippen MR) is 139 cm³/mol. The van der Waals surface area contributed by atoms with Crippen molar-refractivity contribution in [2.24, 2.45) is 0 Å². The number of H-pyrrole nitrogens is 1. The van der Waals surface area contributed by atoms with Crippen LogP contribution in [0.25, 0.3) is 71.4 Å². The Hall–Kier alpha value is -5.40. The largest absolute Gasteiger partial charge is 0.359 e. The number of hydrogen-bond acceptors (Lipinski definition) is 2. The maximum absolute atomic E-state index is 15.3. The number of rotatable bonds is 2. The molecule has 0 saturated heterocycles. The SMILES string of the molecule is Fc1c(F)c(F)c(-c2c3cnc4c5[nH]ccc5c(-c5c(F)c(F)c(F)c(F)c5F)c5ccn(c6nccc26)c5c34)c(F)c1F. The van der Waals surface area contributed by atoms with Crippen LogP contribution in [0.3, 0.4) is 0 Å². The molecular formula is C30H8F10N4. The van der Waals surface area contributed by atoms with Gasteiger partial charge in [0.25, 0.3) is 0 Å². The van der Waals surface area contributed by atoms with Gasteiger partial charge < -0.3 is 4.98 Å². The molecule has 0 atom stereocenters. The van der Waals surface area contributed by atoms with E-state index in [1.165, 1.54) is 41.2 Å². The van der Waals surface area contributed by atoms with E-state index in [9.17, 15) is 26.3 Å². The van der Waals surface area contributed by atoms with Gasteiger partial charge in [0.05, 0.1) is 27.7 Å². The molecule has 0 amide bonds. The summed E-state index contributed by atoms with van der Waals surface area (Å²) in [5, 5.41) is -0.404. The molecule has 1 N–H and O–H groups in total. The second-order valence-corrected chi connectivity index (χ2v) is 9.93. The van der Waals surface area contributed by atoms with Crippen LogP contribution < -0.4 is 0 Å². The van der Waals surface area contributed by atoms with Crippen molar-refractivity contribution >= 4 is 49.1 Å². The van der Waals surface area contributed by atoms with E-state index in [2.05, 4.69) is 15.0 Å². The van der Waals surface area contributed by atoms with E-state index in [-0.39, 0.29) is 49.1 Å². The van der Waals surface area contributed by atoms with Crippen LogP contribution in [0, 0.1) is 58.2 Å². The van der Waals surface area contributed by atoms with Crippen molar-refractivity contribution in [3.63, 3.8) is 0 Å². The number of nitrogens with one attached hydrogen (secondary N) is 1. The highest BCUT2D eigenvalue weighted by molar-refractivity contribution is 6.29. The second kappa shape index (κ2) is 8.58. The molecular weight excluding hydrogens is 606 g/mol. The standard InChI is InChI=1S/C30H8F10N4/c31-17-15(18(32)22(36)25(39)21(17)35)12-8-1-4-41-27(8)28-14-11(7-43-28)13(16-19(33)23(37)26(40)24(38)20(16)34)10-2-5-42-30(10)44-6-3-9(12)29(14)44/h1-7,41H. The third-order valence-electron chi connectivity index (χ3n) is 7.84. The molecule has 0 unspecified atom stereocenters. The number of fused-ring (bicyclic) bond motifs is 4. The summed E-state index contributed by atoms with van der Waals surface area (Å²) in [4.78, 5) is 11.3. The van der Waals surface area contributed by atoms with E-state index in [0.29, 0.717) is 0 Å². The summed E-state index contributed by atoms with van der Waals surface area (Å²) in [7, 11) is 0. The lowest BCUT2D eigenvalue weighted by atomic mass is 9.97. The molecule has 44 heavy (non-hydrogen) atoms.